The van der Waals surface area contributed by atoms with Crippen molar-refractivity contribution >= 4 is 11.9 Å². The van der Waals surface area contributed by atoms with Crippen LogP contribution in [0, 0.1) is 0 Å². The molecule has 1 saturated carbocycles. The molecular formula is C11H20N6O. The van der Waals surface area contributed by atoms with E-state index in [1.54, 1.807) is 0 Å². The lowest BCUT2D eigenvalue weighted by atomic mass is 9.95. The topological polar surface area (TPSA) is 89.2 Å². The molecule has 0 bridgehead atoms. The van der Waals surface area contributed by atoms with Gasteiger partial charge in [-0.1, -0.05) is 19.3 Å². The van der Waals surface area contributed by atoms with E-state index in [1.807, 2.05) is 7.05 Å². The van der Waals surface area contributed by atoms with E-state index in [9.17, 15) is 0 Å². The Labute approximate surface area is 107 Å². The Morgan fingerprint density at radius 3 is 2.56 bits per heavy atom. The number of hydrogen-bond donors (Lipinski definition) is 2. The van der Waals surface area contributed by atoms with E-state index in [1.165, 1.54) is 39.2 Å². The average Bonchev–Trinajstić information content (AvgIpc) is 2.46. The van der Waals surface area contributed by atoms with Crippen LogP contribution in [0.5, 0.6) is 6.01 Å². The van der Waals surface area contributed by atoms with E-state index in [2.05, 4.69) is 25.3 Å². The van der Waals surface area contributed by atoms with Crippen molar-refractivity contribution in [1.29, 1.82) is 0 Å². The summed E-state index contributed by atoms with van der Waals surface area (Å²) in [4.78, 5) is 14.6. The van der Waals surface area contributed by atoms with Gasteiger partial charge in [0.1, 0.15) is 0 Å². The number of aromatic nitrogens is 3. The Balaban J connectivity index is 2.19. The van der Waals surface area contributed by atoms with Crippen molar-refractivity contribution in [3.8, 4) is 6.01 Å². The first-order valence-electron chi connectivity index (χ1n) is 6.24. The summed E-state index contributed by atoms with van der Waals surface area (Å²) in [6.07, 6.45) is 6.20. The highest BCUT2D eigenvalue weighted by Crippen LogP contribution is 2.25. The lowest BCUT2D eigenvalue weighted by molar-refractivity contribution is 0.376. The van der Waals surface area contributed by atoms with Gasteiger partial charge < -0.3 is 9.64 Å². The lowest BCUT2D eigenvalue weighted by Crippen LogP contribution is -2.35. The number of hydrazine groups is 1. The molecule has 2 rings (SSSR count). The van der Waals surface area contributed by atoms with Crippen LogP contribution >= 0.6 is 0 Å². The molecule has 18 heavy (non-hydrogen) atoms. The van der Waals surface area contributed by atoms with Crippen molar-refractivity contribution in [1.82, 2.24) is 15.0 Å². The maximum absolute atomic E-state index is 5.34. The maximum Gasteiger partial charge on any atom is 0.322 e. The predicted octanol–water partition coefficient (Wildman–Crippen LogP) is 0.935. The lowest BCUT2D eigenvalue weighted by Gasteiger charge is -2.31. The highest BCUT2D eigenvalue weighted by atomic mass is 16.5. The molecule has 0 unspecified atom stereocenters. The standard InChI is InChI=1S/C11H20N6O/c1-17(8-6-4-3-5-7-8)10-13-9(16-12)14-11(15-10)18-2/h8H,3-7,12H2,1-2H3,(H,13,14,15,16). The number of methoxy groups -OCH3 is 1. The van der Waals surface area contributed by atoms with Crippen molar-refractivity contribution in [3.05, 3.63) is 0 Å². The quantitative estimate of drug-likeness (QED) is 0.608. The number of ether oxygens (including phenoxy) is 1. The van der Waals surface area contributed by atoms with Gasteiger partial charge in [0.25, 0.3) is 0 Å². The molecule has 1 heterocycles. The van der Waals surface area contributed by atoms with Gasteiger partial charge in [0.2, 0.25) is 11.9 Å². The molecule has 1 aliphatic carbocycles. The predicted molar refractivity (Wildman–Crippen MR) is 69.5 cm³/mol. The van der Waals surface area contributed by atoms with Gasteiger partial charge in [0.15, 0.2) is 0 Å². The van der Waals surface area contributed by atoms with Gasteiger partial charge in [0, 0.05) is 13.1 Å². The number of hydrogen-bond acceptors (Lipinski definition) is 7. The summed E-state index contributed by atoms with van der Waals surface area (Å²) in [6, 6.07) is 0.757. The van der Waals surface area contributed by atoms with Gasteiger partial charge in [-0.3, -0.25) is 5.43 Å². The fraction of sp³-hybridized carbons (Fsp3) is 0.727. The summed E-state index contributed by atoms with van der Waals surface area (Å²) in [6.45, 7) is 0. The Morgan fingerprint density at radius 2 is 1.94 bits per heavy atom. The minimum Gasteiger partial charge on any atom is -0.467 e. The normalized spacial score (nSPS) is 16.4. The summed E-state index contributed by atoms with van der Waals surface area (Å²) in [5, 5.41) is 0. The third kappa shape index (κ3) is 2.79. The molecular weight excluding hydrogens is 232 g/mol. The van der Waals surface area contributed by atoms with Gasteiger partial charge in [-0.25, -0.2) is 5.84 Å². The Kier molecular flexibility index (Phi) is 4.14. The first-order valence-corrected chi connectivity index (χ1v) is 6.24. The maximum atomic E-state index is 5.34. The zero-order chi connectivity index (χ0) is 13.0. The molecule has 7 nitrogen and oxygen atoms in total. The number of rotatable bonds is 4. The minimum atomic E-state index is 0.274. The molecule has 0 amide bonds. The van der Waals surface area contributed by atoms with E-state index in [-0.39, 0.29) is 6.01 Å². The first kappa shape index (κ1) is 12.8. The highest BCUT2D eigenvalue weighted by molar-refractivity contribution is 5.38. The van der Waals surface area contributed by atoms with E-state index >= 15 is 0 Å². The van der Waals surface area contributed by atoms with Crippen LogP contribution in [0.3, 0.4) is 0 Å². The molecule has 0 saturated heterocycles. The number of nitrogens with one attached hydrogen (secondary N) is 1. The summed E-state index contributed by atoms with van der Waals surface area (Å²) in [7, 11) is 3.53. The number of nitrogens with two attached hydrogens (primary N) is 1. The summed E-state index contributed by atoms with van der Waals surface area (Å²) >= 11 is 0. The van der Waals surface area contributed by atoms with Crippen molar-refractivity contribution in [3.63, 3.8) is 0 Å². The molecule has 0 spiro atoms. The van der Waals surface area contributed by atoms with Crippen molar-refractivity contribution < 1.29 is 4.74 Å². The van der Waals surface area contributed by atoms with Crippen LogP contribution in [0.25, 0.3) is 0 Å². The molecule has 0 atom stereocenters. The zero-order valence-corrected chi connectivity index (χ0v) is 10.9. The summed E-state index contributed by atoms with van der Waals surface area (Å²) < 4.78 is 5.05. The second kappa shape index (κ2) is 5.81. The van der Waals surface area contributed by atoms with E-state index < -0.39 is 0 Å². The van der Waals surface area contributed by atoms with Crippen LogP contribution < -0.4 is 20.9 Å². The van der Waals surface area contributed by atoms with Gasteiger partial charge in [0.05, 0.1) is 7.11 Å². The second-order valence-electron chi connectivity index (χ2n) is 4.49. The summed E-state index contributed by atoms with van der Waals surface area (Å²) in [5.74, 6) is 6.26. The van der Waals surface area contributed by atoms with Crippen LogP contribution in [0.1, 0.15) is 32.1 Å². The van der Waals surface area contributed by atoms with Gasteiger partial charge in [-0.2, -0.15) is 15.0 Å². The fourth-order valence-electron chi connectivity index (χ4n) is 2.29. The van der Waals surface area contributed by atoms with Gasteiger partial charge in [-0.05, 0) is 12.8 Å². The van der Waals surface area contributed by atoms with Crippen LogP contribution in [0.4, 0.5) is 11.9 Å². The van der Waals surface area contributed by atoms with Crippen molar-refractivity contribution in [2.24, 2.45) is 5.84 Å². The third-order valence-corrected chi connectivity index (χ3v) is 3.35. The molecule has 0 radical (unpaired) electrons. The number of anilines is 2. The van der Waals surface area contributed by atoms with Gasteiger partial charge >= 0.3 is 6.01 Å². The van der Waals surface area contributed by atoms with Crippen molar-refractivity contribution in [2.45, 2.75) is 38.1 Å². The smallest absolute Gasteiger partial charge is 0.322 e. The van der Waals surface area contributed by atoms with Crippen LogP contribution in [-0.4, -0.2) is 35.2 Å². The Bertz CT molecular complexity index is 371. The fourth-order valence-corrected chi connectivity index (χ4v) is 2.29. The molecule has 1 aromatic rings. The van der Waals surface area contributed by atoms with Crippen LogP contribution in [0.2, 0.25) is 0 Å². The SMILES string of the molecule is COc1nc(NN)nc(N(C)C2CCCCC2)n1. The molecule has 0 aromatic carbocycles. The Hall–Kier alpha value is -1.63. The second-order valence-corrected chi connectivity index (χ2v) is 4.49. The van der Waals surface area contributed by atoms with E-state index in [4.69, 9.17) is 10.6 Å². The Morgan fingerprint density at radius 1 is 1.22 bits per heavy atom. The molecule has 1 aliphatic rings. The van der Waals surface area contributed by atoms with Crippen molar-refractivity contribution in [2.75, 3.05) is 24.5 Å². The van der Waals surface area contributed by atoms with Gasteiger partial charge in [-0.15, -0.1) is 0 Å². The molecule has 7 heteroatoms. The number of nitrogens with zero attached hydrogens (tertiary/aromatic N) is 4. The molecule has 1 fully saturated rings. The van der Waals surface area contributed by atoms with Crippen LogP contribution in [-0.2, 0) is 0 Å². The zero-order valence-electron chi connectivity index (χ0n) is 10.9. The third-order valence-electron chi connectivity index (χ3n) is 3.35. The van der Waals surface area contributed by atoms with Crippen LogP contribution in [0.15, 0.2) is 0 Å². The summed E-state index contributed by atoms with van der Waals surface area (Å²) in [5.41, 5.74) is 2.43. The van der Waals surface area contributed by atoms with E-state index in [0.29, 0.717) is 17.9 Å². The molecule has 1 aromatic heterocycles. The highest BCUT2D eigenvalue weighted by Gasteiger charge is 2.21. The first-order chi connectivity index (χ1) is 8.74. The van der Waals surface area contributed by atoms with E-state index in [0.717, 1.165) is 0 Å². The monoisotopic (exact) mass is 252 g/mol. The molecule has 0 aliphatic heterocycles. The largest absolute Gasteiger partial charge is 0.467 e. The number of nitrogen functional groups attached to an aromatic ring is 1. The molecule has 3 N–H and O–H groups in total. The molecule has 100 valence electrons. The minimum absolute atomic E-state index is 0.274. The average molecular weight is 252 g/mol.